The third-order valence-corrected chi connectivity index (χ3v) is 4.91. The van der Waals surface area contributed by atoms with Crippen molar-refractivity contribution in [3.63, 3.8) is 0 Å². The van der Waals surface area contributed by atoms with Crippen molar-refractivity contribution in [1.82, 2.24) is 0 Å². The number of rotatable bonds is 5. The monoisotopic (exact) mass is 456 g/mol. The van der Waals surface area contributed by atoms with Crippen molar-refractivity contribution >= 4 is 28.8 Å². The number of carbonyl (C=O) groups excluding carboxylic acids is 2. The van der Waals surface area contributed by atoms with Crippen LogP contribution in [0.3, 0.4) is 0 Å². The summed E-state index contributed by atoms with van der Waals surface area (Å²) in [6.45, 7) is 1.73. The molecule has 0 spiro atoms. The fourth-order valence-electron chi connectivity index (χ4n) is 3.48. The Balaban J connectivity index is 1.79. The molecular weight excluding hydrogens is 440 g/mol. The zero-order valence-corrected chi connectivity index (χ0v) is 17.1. The van der Waals surface area contributed by atoms with Crippen molar-refractivity contribution in [3.05, 3.63) is 95.4 Å². The molecule has 4 rings (SSSR count). The standard InChI is InChI=1S/C24H16F4N2O3/c1-14-5-2-3-8-19(14)30-22(31)20(15-9-11-16(25)12-10-15)21(23(30)32)29-17-6-4-7-18(13-17)33-24(26,27)28/h2-13,29H,1H3. The highest BCUT2D eigenvalue weighted by Crippen LogP contribution is 2.35. The maximum Gasteiger partial charge on any atom is 0.573 e. The van der Waals surface area contributed by atoms with Crippen molar-refractivity contribution in [3.8, 4) is 5.75 Å². The molecule has 1 aliphatic rings. The Kier molecular flexibility index (Phi) is 5.63. The van der Waals surface area contributed by atoms with Gasteiger partial charge in [-0.25, -0.2) is 9.29 Å². The summed E-state index contributed by atoms with van der Waals surface area (Å²) < 4.78 is 55.2. The van der Waals surface area contributed by atoms with Gasteiger partial charge in [0.15, 0.2) is 0 Å². The van der Waals surface area contributed by atoms with E-state index in [0.717, 1.165) is 29.2 Å². The molecule has 0 aromatic heterocycles. The van der Waals surface area contributed by atoms with E-state index in [1.807, 2.05) is 0 Å². The predicted octanol–water partition coefficient (Wildman–Crippen LogP) is 5.43. The fraction of sp³-hybridized carbons (Fsp3) is 0.0833. The van der Waals surface area contributed by atoms with Gasteiger partial charge in [0, 0.05) is 11.8 Å². The van der Waals surface area contributed by atoms with Crippen LogP contribution < -0.4 is 15.0 Å². The lowest BCUT2D eigenvalue weighted by atomic mass is 10.0. The van der Waals surface area contributed by atoms with Gasteiger partial charge in [0.1, 0.15) is 17.3 Å². The van der Waals surface area contributed by atoms with Crippen LogP contribution in [-0.4, -0.2) is 18.2 Å². The van der Waals surface area contributed by atoms with Crippen LogP contribution in [0.5, 0.6) is 5.75 Å². The minimum absolute atomic E-state index is 0.0367. The fourth-order valence-corrected chi connectivity index (χ4v) is 3.48. The van der Waals surface area contributed by atoms with Crippen molar-refractivity contribution in [2.45, 2.75) is 13.3 Å². The molecule has 0 atom stereocenters. The number of imide groups is 1. The smallest absolute Gasteiger partial charge is 0.406 e. The highest BCUT2D eigenvalue weighted by Gasteiger charge is 2.41. The zero-order valence-electron chi connectivity index (χ0n) is 17.1. The molecular formula is C24H16F4N2O3. The average Bonchev–Trinajstić information content (AvgIpc) is 2.98. The number of nitrogens with zero attached hydrogens (tertiary/aromatic N) is 1. The van der Waals surface area contributed by atoms with Crippen LogP contribution in [0.25, 0.3) is 5.57 Å². The molecule has 0 unspecified atom stereocenters. The zero-order chi connectivity index (χ0) is 23.8. The van der Waals surface area contributed by atoms with Crippen LogP contribution in [0, 0.1) is 12.7 Å². The Morgan fingerprint density at radius 2 is 1.58 bits per heavy atom. The number of aryl methyl sites for hydroxylation is 1. The van der Waals surface area contributed by atoms with Gasteiger partial charge in [-0.05, 0) is 48.4 Å². The number of anilines is 2. The Labute approximate surface area is 185 Å². The average molecular weight is 456 g/mol. The van der Waals surface area contributed by atoms with Gasteiger partial charge < -0.3 is 10.1 Å². The molecule has 33 heavy (non-hydrogen) atoms. The first-order valence-corrected chi connectivity index (χ1v) is 9.71. The SMILES string of the molecule is Cc1ccccc1N1C(=O)C(Nc2cccc(OC(F)(F)F)c2)=C(c2ccc(F)cc2)C1=O. The van der Waals surface area contributed by atoms with E-state index in [9.17, 15) is 27.2 Å². The predicted molar refractivity (Wildman–Crippen MR) is 114 cm³/mol. The molecule has 0 radical (unpaired) electrons. The number of nitrogens with one attached hydrogen (secondary N) is 1. The first-order chi connectivity index (χ1) is 15.6. The maximum absolute atomic E-state index is 13.5. The highest BCUT2D eigenvalue weighted by molar-refractivity contribution is 6.46. The lowest BCUT2D eigenvalue weighted by molar-refractivity contribution is -0.274. The summed E-state index contributed by atoms with van der Waals surface area (Å²) in [6, 6.07) is 16.6. The molecule has 0 saturated carbocycles. The first-order valence-electron chi connectivity index (χ1n) is 9.71. The van der Waals surface area contributed by atoms with Crippen LogP contribution in [-0.2, 0) is 9.59 Å². The van der Waals surface area contributed by atoms with Crippen LogP contribution >= 0.6 is 0 Å². The Morgan fingerprint density at radius 3 is 2.24 bits per heavy atom. The summed E-state index contributed by atoms with van der Waals surface area (Å²) in [5, 5.41) is 2.76. The molecule has 0 bridgehead atoms. The van der Waals surface area contributed by atoms with Crippen molar-refractivity contribution in [2.75, 3.05) is 10.2 Å². The van der Waals surface area contributed by atoms with Gasteiger partial charge in [0.05, 0.1) is 11.3 Å². The van der Waals surface area contributed by atoms with Gasteiger partial charge >= 0.3 is 6.36 Å². The van der Waals surface area contributed by atoms with E-state index in [1.54, 1.807) is 31.2 Å². The van der Waals surface area contributed by atoms with Crippen molar-refractivity contribution in [1.29, 1.82) is 0 Å². The number of hydrogen-bond donors (Lipinski definition) is 1. The first kappa shape index (κ1) is 22.1. The Morgan fingerprint density at radius 1 is 0.879 bits per heavy atom. The number of benzene rings is 3. The number of amides is 2. The lowest BCUT2D eigenvalue weighted by Gasteiger charge is -2.17. The highest BCUT2D eigenvalue weighted by atomic mass is 19.4. The van der Waals surface area contributed by atoms with E-state index in [1.165, 1.54) is 24.3 Å². The summed E-state index contributed by atoms with van der Waals surface area (Å²) >= 11 is 0. The second-order valence-corrected chi connectivity index (χ2v) is 7.19. The van der Waals surface area contributed by atoms with E-state index in [-0.39, 0.29) is 22.5 Å². The van der Waals surface area contributed by atoms with Gasteiger partial charge in [-0.3, -0.25) is 9.59 Å². The molecule has 3 aromatic carbocycles. The molecule has 168 valence electrons. The number of ether oxygens (including phenoxy) is 1. The third-order valence-electron chi connectivity index (χ3n) is 4.91. The van der Waals surface area contributed by atoms with E-state index >= 15 is 0 Å². The van der Waals surface area contributed by atoms with E-state index in [0.29, 0.717) is 11.3 Å². The summed E-state index contributed by atoms with van der Waals surface area (Å²) in [4.78, 5) is 27.7. The molecule has 1 heterocycles. The van der Waals surface area contributed by atoms with E-state index in [4.69, 9.17) is 0 Å². The van der Waals surface area contributed by atoms with Gasteiger partial charge in [0.2, 0.25) is 0 Å². The van der Waals surface area contributed by atoms with Gasteiger partial charge in [-0.15, -0.1) is 13.2 Å². The molecule has 5 nitrogen and oxygen atoms in total. The molecule has 2 amide bonds. The largest absolute Gasteiger partial charge is 0.573 e. The third kappa shape index (κ3) is 4.57. The Bertz CT molecular complexity index is 1270. The minimum atomic E-state index is -4.89. The summed E-state index contributed by atoms with van der Waals surface area (Å²) in [6.07, 6.45) is -4.89. The summed E-state index contributed by atoms with van der Waals surface area (Å²) in [5.74, 6) is -2.37. The number of hydrogen-bond acceptors (Lipinski definition) is 4. The molecule has 0 aliphatic carbocycles. The molecule has 0 saturated heterocycles. The number of alkyl halides is 3. The second kappa shape index (κ2) is 8.42. The summed E-state index contributed by atoms with van der Waals surface area (Å²) in [5.41, 5.74) is 1.21. The quantitative estimate of drug-likeness (QED) is 0.411. The van der Waals surface area contributed by atoms with Gasteiger partial charge in [-0.2, -0.15) is 0 Å². The van der Waals surface area contributed by atoms with Crippen LogP contribution in [0.1, 0.15) is 11.1 Å². The minimum Gasteiger partial charge on any atom is -0.406 e. The van der Waals surface area contributed by atoms with E-state index in [2.05, 4.69) is 10.1 Å². The second-order valence-electron chi connectivity index (χ2n) is 7.19. The maximum atomic E-state index is 13.5. The van der Waals surface area contributed by atoms with Crippen molar-refractivity contribution < 1.29 is 31.9 Å². The number of carbonyl (C=O) groups is 2. The van der Waals surface area contributed by atoms with Crippen molar-refractivity contribution in [2.24, 2.45) is 0 Å². The molecule has 1 N–H and O–H groups in total. The lowest BCUT2D eigenvalue weighted by Crippen LogP contribution is -2.33. The van der Waals surface area contributed by atoms with Crippen LogP contribution in [0.2, 0.25) is 0 Å². The molecule has 0 fully saturated rings. The molecule has 9 heteroatoms. The number of halogens is 4. The Hall–Kier alpha value is -4.14. The van der Waals surface area contributed by atoms with E-state index < -0.39 is 29.7 Å². The molecule has 1 aliphatic heterocycles. The van der Waals surface area contributed by atoms with Gasteiger partial charge in [-0.1, -0.05) is 36.4 Å². The summed E-state index contributed by atoms with van der Waals surface area (Å²) in [7, 11) is 0. The molecule has 3 aromatic rings. The van der Waals surface area contributed by atoms with Crippen LogP contribution in [0.15, 0.2) is 78.5 Å². The number of para-hydroxylation sites is 1. The normalized spacial score (nSPS) is 14.2. The van der Waals surface area contributed by atoms with Crippen LogP contribution in [0.4, 0.5) is 28.9 Å². The van der Waals surface area contributed by atoms with Gasteiger partial charge in [0.25, 0.3) is 11.8 Å². The topological polar surface area (TPSA) is 58.6 Å².